The summed E-state index contributed by atoms with van der Waals surface area (Å²) in [5.41, 5.74) is 1.02. The van der Waals surface area contributed by atoms with Crippen LogP contribution in [0.4, 0.5) is 0 Å². The second kappa shape index (κ2) is 6.37. The summed E-state index contributed by atoms with van der Waals surface area (Å²) in [7, 11) is 0. The molecule has 6 heteroatoms. The lowest BCUT2D eigenvalue weighted by atomic mass is 10.1. The van der Waals surface area contributed by atoms with Crippen molar-refractivity contribution in [2.75, 3.05) is 13.1 Å². The van der Waals surface area contributed by atoms with Gasteiger partial charge in [0, 0.05) is 18.0 Å². The predicted molar refractivity (Wildman–Crippen MR) is 76.0 cm³/mol. The second-order valence-electron chi connectivity index (χ2n) is 4.51. The van der Waals surface area contributed by atoms with Crippen molar-refractivity contribution in [3.05, 3.63) is 46.6 Å². The quantitative estimate of drug-likeness (QED) is 0.947. The number of nitrogens with one attached hydrogen (secondary N) is 1. The zero-order valence-electron chi connectivity index (χ0n) is 10.3. The Labute approximate surface area is 122 Å². The first-order chi connectivity index (χ1) is 8.83. The van der Waals surface area contributed by atoms with Crippen molar-refractivity contribution >= 4 is 24.0 Å². The van der Waals surface area contributed by atoms with Gasteiger partial charge in [-0.25, -0.2) is 0 Å². The highest BCUT2D eigenvalue weighted by Crippen LogP contribution is 2.22. The fourth-order valence-corrected chi connectivity index (χ4v) is 2.39. The molecule has 4 nitrogen and oxygen atoms in total. The van der Waals surface area contributed by atoms with Crippen LogP contribution < -0.4 is 5.32 Å². The van der Waals surface area contributed by atoms with Gasteiger partial charge >= 0.3 is 0 Å². The van der Waals surface area contributed by atoms with E-state index in [1.807, 2.05) is 24.3 Å². The van der Waals surface area contributed by atoms with E-state index in [0.717, 1.165) is 36.0 Å². The second-order valence-corrected chi connectivity index (χ2v) is 4.91. The van der Waals surface area contributed by atoms with Gasteiger partial charge in [0.1, 0.15) is 0 Å². The molecule has 0 spiro atoms. The van der Waals surface area contributed by atoms with Crippen LogP contribution in [-0.2, 0) is 6.42 Å². The first-order valence-corrected chi connectivity index (χ1v) is 6.47. The largest absolute Gasteiger partial charge is 0.339 e. The number of benzene rings is 1. The third-order valence-corrected chi connectivity index (χ3v) is 3.57. The molecular formula is C13H15Cl2N3O. The summed E-state index contributed by atoms with van der Waals surface area (Å²) < 4.78 is 5.32. The van der Waals surface area contributed by atoms with Gasteiger partial charge in [0.2, 0.25) is 5.89 Å². The zero-order valence-corrected chi connectivity index (χ0v) is 11.9. The van der Waals surface area contributed by atoms with E-state index in [9.17, 15) is 0 Å². The Morgan fingerprint density at radius 1 is 1.37 bits per heavy atom. The van der Waals surface area contributed by atoms with Crippen molar-refractivity contribution in [2.24, 2.45) is 0 Å². The Kier molecular flexibility index (Phi) is 4.80. The Hall–Kier alpha value is -1.10. The number of nitrogens with zero attached hydrogens (tertiary/aromatic N) is 2. The van der Waals surface area contributed by atoms with Crippen LogP contribution in [0.1, 0.15) is 29.6 Å². The summed E-state index contributed by atoms with van der Waals surface area (Å²) in [5.74, 6) is 1.80. The minimum atomic E-state index is 0. The molecule has 1 N–H and O–H groups in total. The Bertz CT molecular complexity index is 538. The summed E-state index contributed by atoms with van der Waals surface area (Å²) in [4.78, 5) is 4.45. The highest BCUT2D eigenvalue weighted by molar-refractivity contribution is 6.31. The van der Waals surface area contributed by atoms with Gasteiger partial charge in [-0.15, -0.1) is 12.4 Å². The minimum Gasteiger partial charge on any atom is -0.339 e. The molecule has 2 heterocycles. The molecule has 0 bridgehead atoms. The molecule has 1 fully saturated rings. The summed E-state index contributed by atoms with van der Waals surface area (Å²) in [5, 5.41) is 8.06. The molecule has 1 aliphatic rings. The van der Waals surface area contributed by atoms with Gasteiger partial charge in [0.05, 0.1) is 5.92 Å². The number of halogens is 2. The van der Waals surface area contributed by atoms with Gasteiger partial charge in [-0.3, -0.25) is 0 Å². The van der Waals surface area contributed by atoms with E-state index in [1.54, 1.807) is 0 Å². The SMILES string of the molecule is Cl.Clc1ccccc1Cc1noc(C2CCNC2)n1. The normalized spacial score (nSPS) is 18.3. The Morgan fingerprint density at radius 3 is 2.95 bits per heavy atom. The average Bonchev–Trinajstić information content (AvgIpc) is 3.02. The van der Waals surface area contributed by atoms with E-state index in [-0.39, 0.29) is 12.4 Å². The average molecular weight is 300 g/mol. The maximum absolute atomic E-state index is 6.11. The topological polar surface area (TPSA) is 51.0 Å². The number of hydrogen-bond acceptors (Lipinski definition) is 4. The lowest BCUT2D eigenvalue weighted by Crippen LogP contribution is -2.08. The monoisotopic (exact) mass is 299 g/mol. The lowest BCUT2D eigenvalue weighted by molar-refractivity contribution is 0.355. The van der Waals surface area contributed by atoms with Crippen molar-refractivity contribution in [2.45, 2.75) is 18.8 Å². The van der Waals surface area contributed by atoms with E-state index in [4.69, 9.17) is 16.1 Å². The molecule has 102 valence electrons. The number of hydrogen-bond donors (Lipinski definition) is 1. The molecule has 1 unspecified atom stereocenters. The molecule has 19 heavy (non-hydrogen) atoms. The van der Waals surface area contributed by atoms with Gasteiger partial charge in [-0.05, 0) is 24.6 Å². The van der Waals surface area contributed by atoms with Crippen LogP contribution in [0.2, 0.25) is 5.02 Å². The van der Waals surface area contributed by atoms with Crippen molar-refractivity contribution in [1.82, 2.24) is 15.5 Å². The van der Waals surface area contributed by atoms with Gasteiger partial charge in [-0.2, -0.15) is 4.98 Å². The number of aromatic nitrogens is 2. The Balaban J connectivity index is 0.00000133. The van der Waals surface area contributed by atoms with Gasteiger partial charge in [-0.1, -0.05) is 35.0 Å². The van der Waals surface area contributed by atoms with Crippen molar-refractivity contribution < 1.29 is 4.52 Å². The molecule has 0 amide bonds. The van der Waals surface area contributed by atoms with Crippen molar-refractivity contribution in [1.29, 1.82) is 0 Å². The highest BCUT2D eigenvalue weighted by atomic mass is 35.5. The molecule has 0 aliphatic carbocycles. The van der Waals surface area contributed by atoms with E-state index < -0.39 is 0 Å². The van der Waals surface area contributed by atoms with Gasteiger partial charge in [0.25, 0.3) is 0 Å². The maximum Gasteiger partial charge on any atom is 0.231 e. The first-order valence-electron chi connectivity index (χ1n) is 6.09. The van der Waals surface area contributed by atoms with Gasteiger partial charge < -0.3 is 9.84 Å². The molecular weight excluding hydrogens is 285 g/mol. The van der Waals surface area contributed by atoms with Crippen molar-refractivity contribution in [3.8, 4) is 0 Å². The fraction of sp³-hybridized carbons (Fsp3) is 0.385. The molecule has 0 radical (unpaired) electrons. The van der Waals surface area contributed by atoms with Crippen LogP contribution in [0.3, 0.4) is 0 Å². The van der Waals surface area contributed by atoms with E-state index >= 15 is 0 Å². The van der Waals surface area contributed by atoms with Crippen LogP contribution in [0, 0.1) is 0 Å². The molecule has 1 atom stereocenters. The molecule has 1 aliphatic heterocycles. The van der Waals surface area contributed by atoms with E-state index in [2.05, 4.69) is 15.5 Å². The fourth-order valence-electron chi connectivity index (χ4n) is 2.18. The van der Waals surface area contributed by atoms with Gasteiger partial charge in [0.15, 0.2) is 5.82 Å². The lowest BCUT2D eigenvalue weighted by Gasteiger charge is -2.00. The van der Waals surface area contributed by atoms with Crippen LogP contribution in [0.25, 0.3) is 0 Å². The summed E-state index contributed by atoms with van der Waals surface area (Å²) in [6.07, 6.45) is 1.68. The number of rotatable bonds is 3. The molecule has 1 aromatic heterocycles. The molecule has 3 rings (SSSR count). The molecule has 1 aromatic carbocycles. The third-order valence-electron chi connectivity index (χ3n) is 3.20. The summed E-state index contributed by atoms with van der Waals surface area (Å²) in [6.45, 7) is 1.95. The molecule has 0 saturated carbocycles. The third kappa shape index (κ3) is 3.26. The van der Waals surface area contributed by atoms with Crippen LogP contribution >= 0.6 is 24.0 Å². The van der Waals surface area contributed by atoms with E-state index in [0.29, 0.717) is 18.2 Å². The summed E-state index contributed by atoms with van der Waals surface area (Å²) >= 11 is 6.11. The Morgan fingerprint density at radius 2 is 2.21 bits per heavy atom. The van der Waals surface area contributed by atoms with Crippen LogP contribution in [-0.4, -0.2) is 23.2 Å². The highest BCUT2D eigenvalue weighted by Gasteiger charge is 2.22. The van der Waals surface area contributed by atoms with E-state index in [1.165, 1.54) is 0 Å². The maximum atomic E-state index is 6.11. The van der Waals surface area contributed by atoms with Crippen LogP contribution in [0.15, 0.2) is 28.8 Å². The molecule has 2 aromatic rings. The zero-order chi connectivity index (χ0) is 12.4. The minimum absolute atomic E-state index is 0. The van der Waals surface area contributed by atoms with Crippen molar-refractivity contribution in [3.63, 3.8) is 0 Å². The van der Waals surface area contributed by atoms with Crippen LogP contribution in [0.5, 0.6) is 0 Å². The summed E-state index contributed by atoms with van der Waals surface area (Å²) in [6, 6.07) is 7.73. The first kappa shape index (κ1) is 14.3. The molecule has 1 saturated heterocycles. The smallest absolute Gasteiger partial charge is 0.231 e. The standard InChI is InChI=1S/C13H14ClN3O.ClH/c14-11-4-2-1-3-9(11)7-12-16-13(18-17-12)10-5-6-15-8-10;/h1-4,10,15H,5-8H2;1H. The predicted octanol–water partition coefficient (Wildman–Crippen LogP) is 2.81.